The Bertz CT molecular complexity index is 126. The minimum Gasteiger partial charge on any atom is -0.393 e. The predicted molar refractivity (Wildman–Crippen MR) is 26.6 cm³/mol. The molecule has 1 nitrogen and oxygen atoms in total. The van der Waals surface area contributed by atoms with E-state index in [1.54, 1.807) is 0 Å². The molecule has 6 heavy (non-hydrogen) atoms. The zero-order valence-corrected chi connectivity index (χ0v) is 3.95. The highest BCUT2D eigenvalue weighted by molar-refractivity contribution is 4.43. The van der Waals surface area contributed by atoms with Gasteiger partial charge in [-0.3, -0.25) is 0 Å². The van der Waals surface area contributed by atoms with E-state index in [2.05, 4.69) is 0 Å². The molecule has 0 aliphatic heterocycles. The van der Waals surface area contributed by atoms with Crippen LogP contribution in [-0.4, -0.2) is 11.2 Å². The molecule has 0 heterocycles. The standard InChI is InChI=1S/C5H12O/c1-3-5(6)4-2/h5-6H,3-4H2,1-2H3/i3D2,4D2,5D. The van der Waals surface area contributed by atoms with Gasteiger partial charge in [0.1, 0.15) is 0 Å². The van der Waals surface area contributed by atoms with Gasteiger partial charge in [-0.1, -0.05) is 13.8 Å². The van der Waals surface area contributed by atoms with E-state index in [-0.39, 0.29) is 0 Å². The smallest absolute Gasteiger partial charge is 0.0600 e. The Morgan fingerprint density at radius 3 is 2.17 bits per heavy atom. The summed E-state index contributed by atoms with van der Waals surface area (Å²) in [5, 5.41) is 9.10. The lowest BCUT2D eigenvalue weighted by atomic mass is 10.2. The first kappa shape index (κ1) is 1.48. The Morgan fingerprint density at radius 1 is 1.83 bits per heavy atom. The third-order valence-corrected chi connectivity index (χ3v) is 0.474. The fourth-order valence-electron chi connectivity index (χ4n) is 0.125. The highest BCUT2D eigenvalue weighted by atomic mass is 16.3. The maximum absolute atomic E-state index is 9.10. The SMILES string of the molecule is [2H]C([2H])(C)C([2H])(O)C([2H])([2H])C. The summed E-state index contributed by atoms with van der Waals surface area (Å²) in [4.78, 5) is 0. The molecule has 0 saturated heterocycles. The van der Waals surface area contributed by atoms with Crippen LogP contribution in [0.2, 0.25) is 0 Å². The number of aliphatic hydroxyl groups is 1. The molecule has 0 aliphatic rings. The van der Waals surface area contributed by atoms with Gasteiger partial charge in [-0.25, -0.2) is 0 Å². The summed E-state index contributed by atoms with van der Waals surface area (Å²) in [7, 11) is 0. The van der Waals surface area contributed by atoms with Gasteiger partial charge in [-0.05, 0) is 12.7 Å². The van der Waals surface area contributed by atoms with Gasteiger partial charge in [-0.15, -0.1) is 0 Å². The summed E-state index contributed by atoms with van der Waals surface area (Å²) in [5.74, 6) is 0. The molecule has 0 aromatic rings. The highest BCUT2D eigenvalue weighted by Crippen LogP contribution is 1.91. The maximum Gasteiger partial charge on any atom is 0.0600 e. The Kier molecular flexibility index (Phi) is 0.779. The van der Waals surface area contributed by atoms with Crippen molar-refractivity contribution in [1.82, 2.24) is 0 Å². The second-order valence-corrected chi connectivity index (χ2v) is 0.849. The fraction of sp³-hybridized carbons (Fsp3) is 1.00. The number of rotatable bonds is 2. The molecule has 0 unspecified atom stereocenters. The molecule has 0 atom stereocenters. The summed E-state index contributed by atoms with van der Waals surface area (Å²) in [6, 6.07) is 0. The van der Waals surface area contributed by atoms with Gasteiger partial charge < -0.3 is 5.11 Å². The first-order chi connectivity index (χ1) is 4.50. The van der Waals surface area contributed by atoms with Gasteiger partial charge in [0.2, 0.25) is 0 Å². The van der Waals surface area contributed by atoms with Gasteiger partial charge in [0.15, 0.2) is 0 Å². The van der Waals surface area contributed by atoms with Crippen molar-refractivity contribution in [3.8, 4) is 0 Å². The summed E-state index contributed by atoms with van der Waals surface area (Å²) in [6.07, 6.45) is -7.25. The van der Waals surface area contributed by atoms with Crippen LogP contribution in [0.25, 0.3) is 0 Å². The van der Waals surface area contributed by atoms with Crippen LogP contribution in [0.3, 0.4) is 0 Å². The topological polar surface area (TPSA) is 20.2 Å². The van der Waals surface area contributed by atoms with E-state index in [9.17, 15) is 0 Å². The molecule has 1 N–H and O–H groups in total. The van der Waals surface area contributed by atoms with E-state index in [1.165, 1.54) is 0 Å². The van der Waals surface area contributed by atoms with Crippen molar-refractivity contribution in [3.63, 3.8) is 0 Å². The van der Waals surface area contributed by atoms with Gasteiger partial charge in [0.05, 0.1) is 7.45 Å². The average molecular weight is 93.2 g/mol. The molecular formula is C5H12O. The van der Waals surface area contributed by atoms with Crippen molar-refractivity contribution in [3.05, 3.63) is 0 Å². The number of hydrogen-bond acceptors (Lipinski definition) is 1. The van der Waals surface area contributed by atoms with Gasteiger partial charge in [0, 0.05) is 5.48 Å². The largest absolute Gasteiger partial charge is 0.393 e. The van der Waals surface area contributed by atoms with E-state index in [1.807, 2.05) is 0 Å². The van der Waals surface area contributed by atoms with Crippen molar-refractivity contribution < 1.29 is 12.0 Å². The quantitative estimate of drug-likeness (QED) is 0.543. The Morgan fingerprint density at radius 2 is 2.17 bits per heavy atom. The van der Waals surface area contributed by atoms with Crippen molar-refractivity contribution in [2.45, 2.75) is 32.7 Å². The maximum atomic E-state index is 9.10. The van der Waals surface area contributed by atoms with E-state index in [0.29, 0.717) is 0 Å². The van der Waals surface area contributed by atoms with Crippen LogP contribution in [0.4, 0.5) is 0 Å². The predicted octanol–water partition coefficient (Wildman–Crippen LogP) is 1.17. The van der Waals surface area contributed by atoms with E-state index >= 15 is 0 Å². The zero-order chi connectivity index (χ0) is 9.50. The van der Waals surface area contributed by atoms with Crippen LogP contribution in [0.1, 0.15) is 33.4 Å². The molecule has 0 aliphatic carbocycles. The van der Waals surface area contributed by atoms with E-state index in [0.717, 1.165) is 13.8 Å². The van der Waals surface area contributed by atoms with Gasteiger partial charge in [-0.2, -0.15) is 0 Å². The molecule has 0 rings (SSSR count). The second kappa shape index (κ2) is 3.16. The van der Waals surface area contributed by atoms with Crippen LogP contribution in [0, 0.1) is 0 Å². The van der Waals surface area contributed by atoms with E-state index in [4.69, 9.17) is 12.0 Å². The third-order valence-electron chi connectivity index (χ3n) is 0.474. The molecule has 0 fully saturated rings. The molecule has 38 valence electrons. The number of hydrogen-bond donors (Lipinski definition) is 1. The Balaban J connectivity index is 4.75. The van der Waals surface area contributed by atoms with Crippen LogP contribution < -0.4 is 0 Å². The van der Waals surface area contributed by atoms with E-state index < -0.39 is 18.8 Å². The molecule has 0 aromatic carbocycles. The molecule has 0 saturated carbocycles. The lowest BCUT2D eigenvalue weighted by molar-refractivity contribution is 0.166. The minimum atomic E-state index is -2.71. The third kappa shape index (κ3) is 2.21. The minimum absolute atomic E-state index is 0.974. The molecular weight excluding hydrogens is 76.1 g/mol. The summed E-state index contributed by atoms with van der Waals surface area (Å²) in [5.41, 5.74) is 0. The van der Waals surface area contributed by atoms with Crippen LogP contribution >= 0.6 is 0 Å². The summed E-state index contributed by atoms with van der Waals surface area (Å²) < 4.78 is 35.0. The molecule has 0 spiro atoms. The molecule has 0 bridgehead atoms. The van der Waals surface area contributed by atoms with Crippen molar-refractivity contribution in [1.29, 1.82) is 0 Å². The van der Waals surface area contributed by atoms with Crippen LogP contribution in [0.15, 0.2) is 0 Å². The Hall–Kier alpha value is -0.0400. The van der Waals surface area contributed by atoms with Crippen LogP contribution in [-0.2, 0) is 0 Å². The fourth-order valence-corrected chi connectivity index (χ4v) is 0.125. The second-order valence-electron chi connectivity index (χ2n) is 0.849. The Labute approximate surface area is 46.0 Å². The lowest BCUT2D eigenvalue weighted by Gasteiger charge is -1.98. The molecule has 1 heteroatoms. The molecule has 0 aromatic heterocycles. The lowest BCUT2D eigenvalue weighted by Crippen LogP contribution is -1.99. The van der Waals surface area contributed by atoms with Crippen molar-refractivity contribution >= 4 is 0 Å². The monoisotopic (exact) mass is 93.1 g/mol. The average Bonchev–Trinajstić information content (AvgIpc) is 1.58. The summed E-state index contributed by atoms with van der Waals surface area (Å²) >= 11 is 0. The van der Waals surface area contributed by atoms with Gasteiger partial charge in [0.25, 0.3) is 0 Å². The van der Waals surface area contributed by atoms with Crippen molar-refractivity contribution in [2.75, 3.05) is 0 Å². The van der Waals surface area contributed by atoms with Crippen molar-refractivity contribution in [2.24, 2.45) is 0 Å². The zero-order valence-electron chi connectivity index (χ0n) is 8.95. The highest BCUT2D eigenvalue weighted by Gasteiger charge is 1.90. The first-order valence-electron chi connectivity index (χ1n) is 4.22. The normalized spacial score (nSPS) is 28.8. The van der Waals surface area contributed by atoms with Crippen LogP contribution in [0.5, 0.6) is 0 Å². The molecule has 0 radical (unpaired) electrons. The molecule has 0 amide bonds. The first-order valence-corrected chi connectivity index (χ1v) is 1.72. The van der Waals surface area contributed by atoms with Gasteiger partial charge >= 0.3 is 0 Å². The summed E-state index contributed by atoms with van der Waals surface area (Å²) in [6.45, 7) is 1.95.